The molecule has 0 bridgehead atoms. The molecule has 2 N–H and O–H groups in total. The van der Waals surface area contributed by atoms with Crippen LogP contribution >= 0.6 is 11.3 Å². The fourth-order valence-electron chi connectivity index (χ4n) is 2.48. The standard InChI is InChI=1S/C16H17NO2S/c18-15(14-7-4-10-20-14)17-11-16(19,13-8-9-13)12-5-2-1-3-6-12/h1-7,10,13,19H,8-9,11H2,(H,17,18)/t16-/m1/s1. The zero-order valence-electron chi connectivity index (χ0n) is 11.1. The summed E-state index contributed by atoms with van der Waals surface area (Å²) in [6.07, 6.45) is 2.03. The summed E-state index contributed by atoms with van der Waals surface area (Å²) in [5.74, 6) is 0.128. The Morgan fingerprint density at radius 2 is 2.00 bits per heavy atom. The van der Waals surface area contributed by atoms with Gasteiger partial charge in [-0.3, -0.25) is 4.79 Å². The number of thiophene rings is 1. The van der Waals surface area contributed by atoms with Crippen LogP contribution in [0, 0.1) is 5.92 Å². The number of hydrogen-bond acceptors (Lipinski definition) is 3. The molecule has 4 heteroatoms. The molecule has 1 fully saturated rings. The van der Waals surface area contributed by atoms with Crippen molar-refractivity contribution in [1.29, 1.82) is 0 Å². The van der Waals surface area contributed by atoms with Crippen LogP contribution < -0.4 is 5.32 Å². The Balaban J connectivity index is 1.74. The maximum Gasteiger partial charge on any atom is 0.261 e. The maximum atomic E-state index is 12.0. The number of aliphatic hydroxyl groups is 1. The number of benzene rings is 1. The van der Waals surface area contributed by atoms with Crippen molar-refractivity contribution in [2.24, 2.45) is 5.92 Å². The third-order valence-electron chi connectivity index (χ3n) is 3.79. The molecule has 1 saturated carbocycles. The first kappa shape index (κ1) is 13.3. The van der Waals surface area contributed by atoms with Crippen molar-refractivity contribution in [1.82, 2.24) is 5.32 Å². The van der Waals surface area contributed by atoms with Crippen LogP contribution in [0.2, 0.25) is 0 Å². The molecule has 0 unspecified atom stereocenters. The minimum Gasteiger partial charge on any atom is -0.383 e. The molecule has 1 aliphatic rings. The Kier molecular flexibility index (Phi) is 3.59. The van der Waals surface area contributed by atoms with Crippen LogP contribution in [0.4, 0.5) is 0 Å². The van der Waals surface area contributed by atoms with Crippen LogP contribution in [0.5, 0.6) is 0 Å². The number of carbonyl (C=O) groups excluding carboxylic acids is 1. The van der Waals surface area contributed by atoms with Gasteiger partial charge in [-0.15, -0.1) is 11.3 Å². The molecule has 0 aliphatic heterocycles. The topological polar surface area (TPSA) is 49.3 Å². The summed E-state index contributed by atoms with van der Waals surface area (Å²) in [6, 6.07) is 13.3. The largest absolute Gasteiger partial charge is 0.383 e. The Labute approximate surface area is 122 Å². The summed E-state index contributed by atoms with van der Waals surface area (Å²) < 4.78 is 0. The highest BCUT2D eigenvalue weighted by atomic mass is 32.1. The lowest BCUT2D eigenvalue weighted by molar-refractivity contribution is 0.0135. The molecule has 104 valence electrons. The summed E-state index contributed by atoms with van der Waals surface area (Å²) in [5.41, 5.74) is -0.0669. The van der Waals surface area contributed by atoms with Crippen molar-refractivity contribution in [3.05, 3.63) is 58.3 Å². The predicted molar refractivity (Wildman–Crippen MR) is 79.7 cm³/mol. The average Bonchev–Trinajstić information content (AvgIpc) is 3.21. The Hall–Kier alpha value is -1.65. The second-order valence-electron chi connectivity index (χ2n) is 5.22. The van der Waals surface area contributed by atoms with Gasteiger partial charge >= 0.3 is 0 Å². The molecule has 1 atom stereocenters. The fourth-order valence-corrected chi connectivity index (χ4v) is 3.12. The second kappa shape index (κ2) is 5.38. The maximum absolute atomic E-state index is 12.0. The summed E-state index contributed by atoms with van der Waals surface area (Å²) in [4.78, 5) is 12.7. The van der Waals surface area contributed by atoms with Gasteiger partial charge in [-0.05, 0) is 35.8 Å². The summed E-state index contributed by atoms with van der Waals surface area (Å²) in [7, 11) is 0. The van der Waals surface area contributed by atoms with Crippen LogP contribution in [-0.4, -0.2) is 17.6 Å². The summed E-state index contributed by atoms with van der Waals surface area (Å²) in [5, 5.41) is 15.7. The Morgan fingerprint density at radius 3 is 2.60 bits per heavy atom. The van der Waals surface area contributed by atoms with Gasteiger partial charge in [0.05, 0.1) is 11.4 Å². The predicted octanol–water partition coefficient (Wildman–Crippen LogP) is 2.78. The monoisotopic (exact) mass is 287 g/mol. The van der Waals surface area contributed by atoms with E-state index in [1.807, 2.05) is 41.8 Å². The highest BCUT2D eigenvalue weighted by Crippen LogP contribution is 2.45. The van der Waals surface area contributed by atoms with E-state index >= 15 is 0 Å². The molecule has 1 aromatic heterocycles. The molecule has 1 aromatic carbocycles. The summed E-state index contributed by atoms with van der Waals surface area (Å²) >= 11 is 1.41. The molecular weight excluding hydrogens is 270 g/mol. The van der Waals surface area contributed by atoms with Gasteiger partial charge < -0.3 is 10.4 Å². The van der Waals surface area contributed by atoms with E-state index in [4.69, 9.17) is 0 Å². The van der Waals surface area contributed by atoms with Crippen molar-refractivity contribution in [2.75, 3.05) is 6.54 Å². The minimum absolute atomic E-state index is 0.116. The number of rotatable bonds is 5. The van der Waals surface area contributed by atoms with Crippen molar-refractivity contribution in [3.63, 3.8) is 0 Å². The first-order valence-corrected chi connectivity index (χ1v) is 7.68. The molecule has 0 saturated heterocycles. The highest BCUT2D eigenvalue weighted by Gasteiger charge is 2.45. The number of amides is 1. The number of hydrogen-bond donors (Lipinski definition) is 2. The van der Waals surface area contributed by atoms with Gasteiger partial charge in [0.25, 0.3) is 5.91 Å². The molecular formula is C16H17NO2S. The van der Waals surface area contributed by atoms with Gasteiger partial charge in [0.1, 0.15) is 5.60 Å². The molecule has 0 spiro atoms. The lowest BCUT2D eigenvalue weighted by Crippen LogP contribution is -2.42. The van der Waals surface area contributed by atoms with Crippen LogP contribution in [0.25, 0.3) is 0 Å². The average molecular weight is 287 g/mol. The molecule has 1 aliphatic carbocycles. The van der Waals surface area contributed by atoms with Gasteiger partial charge in [-0.1, -0.05) is 36.4 Å². The second-order valence-corrected chi connectivity index (χ2v) is 6.17. The molecule has 3 nitrogen and oxygen atoms in total. The van der Waals surface area contributed by atoms with E-state index < -0.39 is 5.60 Å². The van der Waals surface area contributed by atoms with E-state index in [0.717, 1.165) is 18.4 Å². The summed E-state index contributed by atoms with van der Waals surface area (Å²) in [6.45, 7) is 0.262. The van der Waals surface area contributed by atoms with Crippen LogP contribution in [0.15, 0.2) is 47.8 Å². The smallest absolute Gasteiger partial charge is 0.261 e. The first-order chi connectivity index (χ1) is 9.70. The Bertz CT molecular complexity index is 578. The lowest BCUT2D eigenvalue weighted by atomic mass is 9.88. The van der Waals surface area contributed by atoms with Crippen LogP contribution in [0.1, 0.15) is 28.1 Å². The van der Waals surface area contributed by atoms with Crippen LogP contribution in [0.3, 0.4) is 0 Å². The zero-order chi connectivity index (χ0) is 14.0. The minimum atomic E-state index is -0.950. The molecule has 1 heterocycles. The molecule has 0 radical (unpaired) electrons. The molecule has 20 heavy (non-hydrogen) atoms. The van der Waals surface area contributed by atoms with Gasteiger partial charge in [0.15, 0.2) is 0 Å². The SMILES string of the molecule is O=C(NC[C@@](O)(c1ccccc1)C1CC1)c1cccs1. The van der Waals surface area contributed by atoms with Crippen molar-refractivity contribution in [3.8, 4) is 0 Å². The van der Waals surface area contributed by atoms with Gasteiger partial charge in [-0.25, -0.2) is 0 Å². The van der Waals surface area contributed by atoms with Crippen molar-refractivity contribution >= 4 is 17.2 Å². The highest BCUT2D eigenvalue weighted by molar-refractivity contribution is 7.12. The van der Waals surface area contributed by atoms with Crippen LogP contribution in [-0.2, 0) is 5.60 Å². The molecule has 1 amide bonds. The molecule has 2 aromatic rings. The van der Waals surface area contributed by atoms with Gasteiger partial charge in [-0.2, -0.15) is 0 Å². The number of nitrogens with one attached hydrogen (secondary N) is 1. The van der Waals surface area contributed by atoms with E-state index in [0.29, 0.717) is 4.88 Å². The zero-order valence-corrected chi connectivity index (χ0v) is 11.9. The van der Waals surface area contributed by atoms with Gasteiger partial charge in [0.2, 0.25) is 0 Å². The van der Waals surface area contributed by atoms with E-state index in [1.165, 1.54) is 11.3 Å². The van der Waals surface area contributed by atoms with E-state index in [1.54, 1.807) is 6.07 Å². The van der Waals surface area contributed by atoms with Crippen molar-refractivity contribution < 1.29 is 9.90 Å². The quantitative estimate of drug-likeness (QED) is 0.888. The third-order valence-corrected chi connectivity index (χ3v) is 4.66. The fraction of sp³-hybridized carbons (Fsp3) is 0.312. The first-order valence-electron chi connectivity index (χ1n) is 6.80. The molecule has 3 rings (SSSR count). The third kappa shape index (κ3) is 2.62. The Morgan fingerprint density at radius 1 is 1.25 bits per heavy atom. The normalized spacial score (nSPS) is 17.4. The van der Waals surface area contributed by atoms with E-state index in [-0.39, 0.29) is 18.4 Å². The number of carbonyl (C=O) groups is 1. The van der Waals surface area contributed by atoms with Gasteiger partial charge in [0, 0.05) is 0 Å². The van der Waals surface area contributed by atoms with Crippen molar-refractivity contribution in [2.45, 2.75) is 18.4 Å². The van der Waals surface area contributed by atoms with E-state index in [9.17, 15) is 9.90 Å². The van der Waals surface area contributed by atoms with E-state index in [2.05, 4.69) is 5.32 Å². The lowest BCUT2D eigenvalue weighted by Gasteiger charge is -2.29.